The molecular formula is C16H12N4O2. The van der Waals surface area contributed by atoms with Gasteiger partial charge in [-0.25, -0.2) is 9.97 Å². The largest absolute Gasteiger partial charge is 0.423 e. The fourth-order valence-electron chi connectivity index (χ4n) is 2.27. The molecule has 0 aliphatic rings. The number of nitrogens with zero attached hydrogens (tertiary/aromatic N) is 4. The molecule has 0 unspecified atom stereocenters. The van der Waals surface area contributed by atoms with Gasteiger partial charge in [0.05, 0.1) is 5.39 Å². The number of benzene rings is 1. The SMILES string of the molecule is CC(=O)Oc1c(C#N)n(C)c2nc(-c3ccccc3)ncc12. The van der Waals surface area contributed by atoms with Gasteiger partial charge >= 0.3 is 5.97 Å². The molecule has 2 aromatic heterocycles. The van der Waals surface area contributed by atoms with Gasteiger partial charge in [0.25, 0.3) is 0 Å². The van der Waals surface area contributed by atoms with E-state index >= 15 is 0 Å². The average molecular weight is 292 g/mol. The van der Waals surface area contributed by atoms with Crippen LogP contribution < -0.4 is 4.74 Å². The molecule has 0 spiro atoms. The van der Waals surface area contributed by atoms with Crippen LogP contribution in [0.3, 0.4) is 0 Å². The van der Waals surface area contributed by atoms with Gasteiger partial charge in [0.1, 0.15) is 11.7 Å². The maximum atomic E-state index is 11.2. The third-order valence-corrected chi connectivity index (χ3v) is 3.27. The Bertz CT molecular complexity index is 907. The summed E-state index contributed by atoms with van der Waals surface area (Å²) < 4.78 is 6.75. The molecule has 0 atom stereocenters. The molecule has 0 amide bonds. The normalized spacial score (nSPS) is 10.4. The molecule has 6 nitrogen and oxygen atoms in total. The van der Waals surface area contributed by atoms with Crippen molar-refractivity contribution in [3.8, 4) is 23.2 Å². The summed E-state index contributed by atoms with van der Waals surface area (Å²) in [4.78, 5) is 20.0. The molecule has 0 radical (unpaired) electrons. The number of carbonyl (C=O) groups is 1. The number of nitriles is 1. The number of rotatable bonds is 2. The van der Waals surface area contributed by atoms with Gasteiger partial charge in [-0.1, -0.05) is 30.3 Å². The minimum atomic E-state index is -0.490. The van der Waals surface area contributed by atoms with Gasteiger partial charge in [-0.15, -0.1) is 0 Å². The van der Waals surface area contributed by atoms with Crippen molar-refractivity contribution in [2.24, 2.45) is 7.05 Å². The summed E-state index contributed by atoms with van der Waals surface area (Å²) in [6, 6.07) is 11.6. The predicted molar refractivity (Wildman–Crippen MR) is 80.0 cm³/mol. The van der Waals surface area contributed by atoms with E-state index in [4.69, 9.17) is 4.74 Å². The molecule has 108 valence electrons. The quantitative estimate of drug-likeness (QED) is 0.678. The van der Waals surface area contributed by atoms with Gasteiger partial charge in [-0.3, -0.25) is 4.79 Å². The van der Waals surface area contributed by atoms with E-state index in [0.29, 0.717) is 16.9 Å². The predicted octanol–water partition coefficient (Wildman–Crippen LogP) is 2.43. The van der Waals surface area contributed by atoms with E-state index in [1.807, 2.05) is 36.4 Å². The molecule has 3 rings (SSSR count). The topological polar surface area (TPSA) is 80.8 Å². The Morgan fingerprint density at radius 1 is 1.32 bits per heavy atom. The molecule has 0 fully saturated rings. The maximum Gasteiger partial charge on any atom is 0.308 e. The Morgan fingerprint density at radius 3 is 2.68 bits per heavy atom. The highest BCUT2D eigenvalue weighted by atomic mass is 16.5. The van der Waals surface area contributed by atoms with Crippen LogP contribution in [0.1, 0.15) is 12.6 Å². The molecule has 0 N–H and O–H groups in total. The average Bonchev–Trinajstić information content (AvgIpc) is 2.79. The maximum absolute atomic E-state index is 11.2. The molecule has 3 aromatic rings. The number of hydrogen-bond acceptors (Lipinski definition) is 5. The Balaban J connectivity index is 2.24. The van der Waals surface area contributed by atoms with Crippen molar-refractivity contribution in [1.82, 2.24) is 14.5 Å². The first-order valence-corrected chi connectivity index (χ1v) is 6.61. The van der Waals surface area contributed by atoms with Gasteiger partial charge in [0.15, 0.2) is 17.3 Å². The Morgan fingerprint density at radius 2 is 2.05 bits per heavy atom. The van der Waals surface area contributed by atoms with E-state index in [9.17, 15) is 10.1 Å². The molecule has 0 aliphatic heterocycles. The van der Waals surface area contributed by atoms with Crippen LogP contribution in [0.4, 0.5) is 0 Å². The lowest BCUT2D eigenvalue weighted by Crippen LogP contribution is -2.03. The molecule has 0 bridgehead atoms. The molecule has 0 aliphatic carbocycles. The Labute approximate surface area is 126 Å². The summed E-state index contributed by atoms with van der Waals surface area (Å²) >= 11 is 0. The first-order valence-electron chi connectivity index (χ1n) is 6.61. The number of ether oxygens (including phenoxy) is 1. The van der Waals surface area contributed by atoms with Crippen LogP contribution in [0.15, 0.2) is 36.5 Å². The number of esters is 1. The molecule has 0 saturated heterocycles. The highest BCUT2D eigenvalue weighted by molar-refractivity contribution is 5.90. The third kappa shape index (κ3) is 2.19. The lowest BCUT2D eigenvalue weighted by molar-refractivity contribution is -0.131. The second-order valence-corrected chi connectivity index (χ2v) is 4.74. The van der Waals surface area contributed by atoms with Crippen molar-refractivity contribution in [2.45, 2.75) is 6.92 Å². The lowest BCUT2D eigenvalue weighted by atomic mass is 10.2. The smallest absolute Gasteiger partial charge is 0.308 e. The first-order chi connectivity index (χ1) is 10.6. The van der Waals surface area contributed by atoms with E-state index in [0.717, 1.165) is 5.56 Å². The zero-order valence-corrected chi connectivity index (χ0v) is 12.1. The molecule has 22 heavy (non-hydrogen) atoms. The summed E-state index contributed by atoms with van der Waals surface area (Å²) in [5.41, 5.74) is 1.66. The number of hydrogen-bond donors (Lipinski definition) is 0. The number of fused-ring (bicyclic) bond motifs is 1. The summed E-state index contributed by atoms with van der Waals surface area (Å²) in [7, 11) is 1.70. The van der Waals surface area contributed by atoms with E-state index < -0.39 is 5.97 Å². The van der Waals surface area contributed by atoms with Crippen molar-refractivity contribution >= 4 is 17.0 Å². The molecule has 1 aromatic carbocycles. The third-order valence-electron chi connectivity index (χ3n) is 3.27. The second-order valence-electron chi connectivity index (χ2n) is 4.74. The lowest BCUT2D eigenvalue weighted by Gasteiger charge is -2.01. The minimum Gasteiger partial charge on any atom is -0.423 e. The van der Waals surface area contributed by atoms with Gasteiger partial charge in [0.2, 0.25) is 0 Å². The van der Waals surface area contributed by atoms with Crippen molar-refractivity contribution in [1.29, 1.82) is 5.26 Å². The first kappa shape index (κ1) is 13.8. The molecular weight excluding hydrogens is 280 g/mol. The monoisotopic (exact) mass is 292 g/mol. The van der Waals surface area contributed by atoms with Crippen LogP contribution in [0.25, 0.3) is 22.4 Å². The summed E-state index contributed by atoms with van der Waals surface area (Å²) in [6.07, 6.45) is 1.57. The van der Waals surface area contributed by atoms with E-state index in [1.165, 1.54) is 6.92 Å². The van der Waals surface area contributed by atoms with Crippen LogP contribution in [0, 0.1) is 11.3 Å². The van der Waals surface area contributed by atoms with Gasteiger partial charge < -0.3 is 9.30 Å². The van der Waals surface area contributed by atoms with Crippen LogP contribution in [0.2, 0.25) is 0 Å². The number of carbonyl (C=O) groups excluding carboxylic acids is 1. The Hall–Kier alpha value is -3.20. The molecule has 0 saturated carbocycles. The van der Waals surface area contributed by atoms with Gasteiger partial charge in [-0.2, -0.15) is 5.26 Å². The second kappa shape index (κ2) is 5.30. The van der Waals surface area contributed by atoms with Crippen molar-refractivity contribution in [3.63, 3.8) is 0 Å². The molecule has 2 heterocycles. The minimum absolute atomic E-state index is 0.201. The highest BCUT2D eigenvalue weighted by Crippen LogP contribution is 2.31. The van der Waals surface area contributed by atoms with Crippen LogP contribution >= 0.6 is 0 Å². The van der Waals surface area contributed by atoms with Crippen molar-refractivity contribution < 1.29 is 9.53 Å². The van der Waals surface area contributed by atoms with Crippen LogP contribution in [-0.2, 0) is 11.8 Å². The van der Waals surface area contributed by atoms with Gasteiger partial charge in [-0.05, 0) is 0 Å². The number of aryl methyl sites for hydroxylation is 1. The summed E-state index contributed by atoms with van der Waals surface area (Å²) in [6.45, 7) is 1.29. The fourth-order valence-corrected chi connectivity index (χ4v) is 2.27. The summed E-state index contributed by atoms with van der Waals surface area (Å²) in [5.74, 6) is 0.260. The standard InChI is InChI=1S/C16H12N4O2/c1-10(21)22-14-12-9-18-15(11-6-4-3-5-7-11)19-16(12)20(2)13(14)8-17/h3-7,9H,1-2H3. The summed E-state index contributed by atoms with van der Waals surface area (Å²) in [5, 5.41) is 9.83. The van der Waals surface area contributed by atoms with E-state index in [2.05, 4.69) is 9.97 Å². The van der Waals surface area contributed by atoms with Crippen molar-refractivity contribution in [3.05, 3.63) is 42.2 Å². The van der Waals surface area contributed by atoms with Gasteiger partial charge in [0, 0.05) is 25.7 Å². The molecule has 6 heteroatoms. The zero-order valence-electron chi connectivity index (χ0n) is 12.1. The van der Waals surface area contributed by atoms with E-state index in [-0.39, 0.29) is 11.4 Å². The van der Waals surface area contributed by atoms with Crippen LogP contribution in [0.5, 0.6) is 5.75 Å². The van der Waals surface area contributed by atoms with Crippen LogP contribution in [-0.4, -0.2) is 20.5 Å². The Kier molecular flexibility index (Phi) is 3.31. The zero-order chi connectivity index (χ0) is 15.7. The van der Waals surface area contributed by atoms with E-state index in [1.54, 1.807) is 17.8 Å². The fraction of sp³-hybridized carbons (Fsp3) is 0.125. The van der Waals surface area contributed by atoms with Crippen molar-refractivity contribution in [2.75, 3.05) is 0 Å². The number of aromatic nitrogens is 3. The highest BCUT2D eigenvalue weighted by Gasteiger charge is 2.20.